The summed E-state index contributed by atoms with van der Waals surface area (Å²) < 4.78 is 0. The van der Waals surface area contributed by atoms with Gasteiger partial charge in [-0.05, 0) is 50.8 Å². The molecule has 0 aliphatic carbocycles. The molecule has 0 amide bonds. The Bertz CT molecular complexity index is 371. The van der Waals surface area contributed by atoms with Crippen LogP contribution in [-0.2, 0) is 0 Å². The van der Waals surface area contributed by atoms with Crippen molar-refractivity contribution in [3.63, 3.8) is 0 Å². The Labute approximate surface area is 92.1 Å². The van der Waals surface area contributed by atoms with Crippen molar-refractivity contribution in [3.8, 4) is 0 Å². The van der Waals surface area contributed by atoms with E-state index in [2.05, 4.69) is 37.8 Å². The van der Waals surface area contributed by atoms with Gasteiger partial charge in [-0.1, -0.05) is 6.07 Å². The van der Waals surface area contributed by atoms with Gasteiger partial charge in [0.1, 0.15) is 0 Å². The summed E-state index contributed by atoms with van der Waals surface area (Å²) in [7, 11) is 0. The van der Waals surface area contributed by atoms with Gasteiger partial charge in [0.15, 0.2) is 0 Å². The molecular weight excluding hydrogens is 184 g/mol. The van der Waals surface area contributed by atoms with E-state index in [1.807, 2.05) is 0 Å². The van der Waals surface area contributed by atoms with Crippen molar-refractivity contribution < 1.29 is 0 Å². The number of aryl methyl sites for hydroxylation is 2. The van der Waals surface area contributed by atoms with Crippen LogP contribution < -0.4 is 10.6 Å². The predicted octanol–water partition coefficient (Wildman–Crippen LogP) is 2.87. The zero-order chi connectivity index (χ0) is 11.0. The van der Waals surface area contributed by atoms with Crippen LogP contribution in [-0.4, -0.2) is 12.6 Å². The van der Waals surface area contributed by atoms with Gasteiger partial charge in [-0.3, -0.25) is 0 Å². The summed E-state index contributed by atoms with van der Waals surface area (Å²) in [6.45, 7) is 7.71. The van der Waals surface area contributed by atoms with E-state index in [9.17, 15) is 0 Å². The minimum absolute atomic E-state index is 0.658. The number of hydrogen-bond acceptors (Lipinski definition) is 2. The fourth-order valence-corrected chi connectivity index (χ4v) is 2.46. The molecule has 1 unspecified atom stereocenters. The number of nitrogen functional groups attached to an aromatic ring is 1. The maximum atomic E-state index is 5.98. The smallest absolute Gasteiger partial charge is 0.0419 e. The van der Waals surface area contributed by atoms with Crippen LogP contribution in [0.25, 0.3) is 0 Å². The van der Waals surface area contributed by atoms with Crippen LogP contribution in [0.4, 0.5) is 11.4 Å². The maximum Gasteiger partial charge on any atom is 0.0419 e. The first-order chi connectivity index (χ1) is 7.09. The van der Waals surface area contributed by atoms with Crippen molar-refractivity contribution in [3.05, 3.63) is 23.3 Å². The second kappa shape index (κ2) is 3.76. The Morgan fingerprint density at radius 2 is 2.00 bits per heavy atom. The molecule has 1 aromatic carbocycles. The molecule has 0 radical (unpaired) electrons. The van der Waals surface area contributed by atoms with Crippen LogP contribution in [0.1, 0.15) is 30.9 Å². The van der Waals surface area contributed by atoms with Crippen molar-refractivity contribution in [2.45, 2.75) is 39.7 Å². The highest BCUT2D eigenvalue weighted by Gasteiger charge is 2.22. The first kappa shape index (κ1) is 10.3. The van der Waals surface area contributed by atoms with E-state index in [0.717, 1.165) is 5.69 Å². The van der Waals surface area contributed by atoms with Gasteiger partial charge in [0.2, 0.25) is 0 Å². The lowest BCUT2D eigenvalue weighted by Gasteiger charge is -2.26. The number of nitrogens with zero attached hydrogens (tertiary/aromatic N) is 1. The molecule has 1 aromatic rings. The normalized spacial score (nSPS) is 21.0. The van der Waals surface area contributed by atoms with Gasteiger partial charge in [-0.15, -0.1) is 0 Å². The van der Waals surface area contributed by atoms with E-state index < -0.39 is 0 Å². The quantitative estimate of drug-likeness (QED) is 0.713. The van der Waals surface area contributed by atoms with Gasteiger partial charge in [-0.25, -0.2) is 0 Å². The third kappa shape index (κ3) is 1.81. The topological polar surface area (TPSA) is 29.3 Å². The first-order valence-electron chi connectivity index (χ1n) is 5.73. The lowest BCUT2D eigenvalue weighted by atomic mass is 10.1. The molecule has 0 aromatic heterocycles. The summed E-state index contributed by atoms with van der Waals surface area (Å²) in [5.74, 6) is 0. The van der Waals surface area contributed by atoms with Crippen LogP contribution in [0.15, 0.2) is 12.1 Å². The molecule has 1 atom stereocenters. The second-order valence-electron chi connectivity index (χ2n) is 4.68. The molecule has 2 nitrogen and oxygen atoms in total. The lowest BCUT2D eigenvalue weighted by Crippen LogP contribution is -2.27. The zero-order valence-electron chi connectivity index (χ0n) is 9.88. The molecule has 1 fully saturated rings. The van der Waals surface area contributed by atoms with Crippen molar-refractivity contribution in [2.75, 3.05) is 17.2 Å². The SMILES string of the molecule is Cc1cc(C)c(N2CCCC2C)cc1N. The monoisotopic (exact) mass is 204 g/mol. The summed E-state index contributed by atoms with van der Waals surface area (Å²) >= 11 is 0. The average Bonchev–Trinajstić information content (AvgIpc) is 2.58. The van der Waals surface area contributed by atoms with E-state index in [1.54, 1.807) is 0 Å². The van der Waals surface area contributed by atoms with E-state index in [4.69, 9.17) is 5.73 Å². The Balaban J connectivity index is 2.39. The fraction of sp³-hybridized carbons (Fsp3) is 0.538. The van der Waals surface area contributed by atoms with Crippen LogP contribution in [0.3, 0.4) is 0 Å². The zero-order valence-corrected chi connectivity index (χ0v) is 9.88. The fourth-order valence-electron chi connectivity index (χ4n) is 2.46. The third-order valence-corrected chi connectivity index (χ3v) is 3.45. The largest absolute Gasteiger partial charge is 0.398 e. The van der Waals surface area contributed by atoms with E-state index >= 15 is 0 Å². The third-order valence-electron chi connectivity index (χ3n) is 3.45. The minimum atomic E-state index is 0.658. The van der Waals surface area contributed by atoms with Gasteiger partial charge in [0.25, 0.3) is 0 Å². The van der Waals surface area contributed by atoms with Crippen molar-refractivity contribution >= 4 is 11.4 Å². The molecule has 1 aliphatic rings. The Kier molecular flexibility index (Phi) is 2.59. The highest BCUT2D eigenvalue weighted by molar-refractivity contribution is 5.64. The molecule has 2 heteroatoms. The number of anilines is 2. The van der Waals surface area contributed by atoms with Gasteiger partial charge >= 0.3 is 0 Å². The van der Waals surface area contributed by atoms with E-state index in [1.165, 1.54) is 36.2 Å². The predicted molar refractivity (Wildman–Crippen MR) is 66.4 cm³/mol. The Morgan fingerprint density at radius 3 is 2.60 bits per heavy atom. The number of nitrogens with two attached hydrogens (primary N) is 1. The summed E-state index contributed by atoms with van der Waals surface area (Å²) in [5.41, 5.74) is 10.7. The lowest BCUT2D eigenvalue weighted by molar-refractivity contribution is 0.733. The average molecular weight is 204 g/mol. The number of hydrogen-bond donors (Lipinski definition) is 1. The maximum absolute atomic E-state index is 5.98. The molecule has 1 heterocycles. The summed E-state index contributed by atoms with van der Waals surface area (Å²) in [6.07, 6.45) is 2.60. The summed E-state index contributed by atoms with van der Waals surface area (Å²) in [5, 5.41) is 0. The second-order valence-corrected chi connectivity index (χ2v) is 4.68. The van der Waals surface area contributed by atoms with Crippen LogP contribution in [0, 0.1) is 13.8 Å². The highest BCUT2D eigenvalue weighted by Crippen LogP contribution is 2.31. The molecule has 1 aliphatic heterocycles. The molecule has 82 valence electrons. The highest BCUT2D eigenvalue weighted by atomic mass is 15.2. The van der Waals surface area contributed by atoms with E-state index in [0.29, 0.717) is 6.04 Å². The number of rotatable bonds is 1. The molecular formula is C13H20N2. The van der Waals surface area contributed by atoms with Crippen molar-refractivity contribution in [2.24, 2.45) is 0 Å². The first-order valence-corrected chi connectivity index (χ1v) is 5.73. The summed E-state index contributed by atoms with van der Waals surface area (Å²) in [6, 6.07) is 4.98. The Morgan fingerprint density at radius 1 is 1.27 bits per heavy atom. The van der Waals surface area contributed by atoms with Crippen molar-refractivity contribution in [1.82, 2.24) is 0 Å². The minimum Gasteiger partial charge on any atom is -0.398 e. The van der Waals surface area contributed by atoms with Crippen molar-refractivity contribution in [1.29, 1.82) is 0 Å². The molecule has 0 bridgehead atoms. The van der Waals surface area contributed by atoms with Gasteiger partial charge in [0.05, 0.1) is 0 Å². The molecule has 0 saturated carbocycles. The van der Waals surface area contributed by atoms with Gasteiger partial charge in [0, 0.05) is 24.0 Å². The van der Waals surface area contributed by atoms with Crippen LogP contribution >= 0.6 is 0 Å². The number of benzene rings is 1. The van der Waals surface area contributed by atoms with E-state index in [-0.39, 0.29) is 0 Å². The van der Waals surface area contributed by atoms with Gasteiger partial charge in [-0.2, -0.15) is 0 Å². The molecule has 15 heavy (non-hydrogen) atoms. The van der Waals surface area contributed by atoms with Gasteiger partial charge < -0.3 is 10.6 Å². The molecule has 2 N–H and O–H groups in total. The van der Waals surface area contributed by atoms with Crippen LogP contribution in [0.5, 0.6) is 0 Å². The molecule has 0 spiro atoms. The molecule has 1 saturated heterocycles. The standard InChI is InChI=1S/C13H20N2/c1-9-7-10(2)13(8-12(9)14)15-6-4-5-11(15)3/h7-8,11H,4-6,14H2,1-3H3. The van der Waals surface area contributed by atoms with Crippen LogP contribution in [0.2, 0.25) is 0 Å². The Hall–Kier alpha value is -1.18. The summed E-state index contributed by atoms with van der Waals surface area (Å²) in [4.78, 5) is 2.48. The molecule has 2 rings (SSSR count).